The SMILES string of the molecule is CC(C)=CCC[C@](C)(O)[C@H]1CC[C@]2(C)[C@@H]1[C@H](O)C[C@@H]1[C@@]3(C)CC[C@H](O[C@H]4O[C@H](CO)[C@@H](O)[C@H](O)[C@H]4O)C(C)(C)[C@@H]3CC[C@]12C. The first-order chi connectivity index (χ1) is 20.3. The minimum absolute atomic E-state index is 0.0231. The van der Waals surface area contributed by atoms with Crippen LogP contribution in [-0.4, -0.2) is 85.8 Å². The first-order valence-electron chi connectivity index (χ1n) is 17.3. The van der Waals surface area contributed by atoms with Crippen LogP contribution in [0.3, 0.4) is 0 Å². The molecule has 0 aromatic heterocycles. The van der Waals surface area contributed by atoms with E-state index in [4.69, 9.17) is 9.47 Å². The maximum absolute atomic E-state index is 12.0. The molecule has 5 aliphatic rings. The first kappa shape index (κ1) is 34.7. The normalized spacial score (nSPS) is 51.5. The fourth-order valence-corrected chi connectivity index (χ4v) is 11.9. The molecule has 254 valence electrons. The monoisotopic (exact) mass is 622 g/mol. The highest BCUT2D eigenvalue weighted by atomic mass is 16.7. The molecule has 0 aromatic carbocycles. The predicted octanol–water partition coefficient (Wildman–Crippen LogP) is 4.32. The molecule has 15 atom stereocenters. The summed E-state index contributed by atoms with van der Waals surface area (Å²) in [4.78, 5) is 0. The molecule has 0 bridgehead atoms. The molecule has 0 unspecified atom stereocenters. The summed E-state index contributed by atoms with van der Waals surface area (Å²) in [5.74, 6) is 0.792. The topological polar surface area (TPSA) is 140 Å². The van der Waals surface area contributed by atoms with E-state index < -0.39 is 49.0 Å². The Balaban J connectivity index is 1.37. The molecule has 6 N–H and O–H groups in total. The second kappa shape index (κ2) is 11.8. The van der Waals surface area contributed by atoms with Gasteiger partial charge < -0.3 is 40.1 Å². The summed E-state index contributed by atoms with van der Waals surface area (Å²) in [6.07, 6.45) is 3.15. The Bertz CT molecular complexity index is 1070. The lowest BCUT2D eigenvalue weighted by Gasteiger charge is -2.70. The molecule has 5 fully saturated rings. The lowest BCUT2D eigenvalue weighted by molar-refractivity contribution is -0.332. The standard InChI is InChI=1S/C36H62O8/c1-20(2)10-9-14-36(8,42)21-11-16-35(7)27(21)22(38)18-25-33(5)15-13-26(32(3,4)24(33)12-17-34(25,35)6)44-31-30(41)29(40)28(39)23(19-37)43-31/h10,21-31,37-42H,9,11-19H2,1-8H3/t21-,22+,23+,24-,25+,26-,27-,28+,29-,30+,31+,33-,34+,35+,36-/m0/s1. The van der Waals surface area contributed by atoms with Gasteiger partial charge in [-0.05, 0) is 124 Å². The van der Waals surface area contributed by atoms with Crippen molar-refractivity contribution in [1.82, 2.24) is 0 Å². The van der Waals surface area contributed by atoms with Crippen molar-refractivity contribution in [1.29, 1.82) is 0 Å². The van der Waals surface area contributed by atoms with E-state index in [0.717, 1.165) is 51.4 Å². The van der Waals surface area contributed by atoms with Gasteiger partial charge >= 0.3 is 0 Å². The zero-order chi connectivity index (χ0) is 32.6. The Morgan fingerprint density at radius 3 is 2.18 bits per heavy atom. The van der Waals surface area contributed by atoms with Crippen LogP contribution in [0.2, 0.25) is 0 Å². The molecule has 8 heteroatoms. The van der Waals surface area contributed by atoms with Gasteiger partial charge in [-0.2, -0.15) is 0 Å². The van der Waals surface area contributed by atoms with Gasteiger partial charge in [-0.25, -0.2) is 0 Å². The number of hydrogen-bond acceptors (Lipinski definition) is 8. The lowest BCUT2D eigenvalue weighted by atomic mass is 9.35. The molecule has 8 nitrogen and oxygen atoms in total. The Kier molecular flexibility index (Phi) is 9.35. The Hall–Kier alpha value is -0.580. The van der Waals surface area contributed by atoms with Gasteiger partial charge in [0.1, 0.15) is 24.4 Å². The lowest BCUT2D eigenvalue weighted by Crippen LogP contribution is -2.67. The van der Waals surface area contributed by atoms with E-state index in [2.05, 4.69) is 54.5 Å². The van der Waals surface area contributed by atoms with E-state index in [1.807, 2.05) is 6.92 Å². The summed E-state index contributed by atoms with van der Waals surface area (Å²) in [7, 11) is 0. The number of aliphatic hydroxyl groups excluding tert-OH is 5. The third-order valence-electron chi connectivity index (χ3n) is 14.5. The zero-order valence-corrected chi connectivity index (χ0v) is 28.5. The summed E-state index contributed by atoms with van der Waals surface area (Å²) < 4.78 is 12.2. The van der Waals surface area contributed by atoms with Crippen molar-refractivity contribution in [3.8, 4) is 0 Å². The largest absolute Gasteiger partial charge is 0.394 e. The summed E-state index contributed by atoms with van der Waals surface area (Å²) in [6.45, 7) is 17.5. The maximum atomic E-state index is 12.0. The highest BCUT2D eigenvalue weighted by Gasteiger charge is 2.71. The van der Waals surface area contributed by atoms with Crippen LogP contribution in [-0.2, 0) is 9.47 Å². The summed E-state index contributed by atoms with van der Waals surface area (Å²) in [6, 6.07) is 0. The molecule has 1 heterocycles. The molecule has 0 aromatic rings. The second-order valence-electron chi connectivity index (χ2n) is 17.3. The third kappa shape index (κ3) is 5.26. The smallest absolute Gasteiger partial charge is 0.186 e. The molecular formula is C36H62O8. The van der Waals surface area contributed by atoms with E-state index in [-0.39, 0.29) is 39.6 Å². The van der Waals surface area contributed by atoms with E-state index in [1.54, 1.807) is 0 Å². The van der Waals surface area contributed by atoms with Gasteiger partial charge in [0.15, 0.2) is 6.29 Å². The third-order valence-corrected chi connectivity index (χ3v) is 14.5. The molecule has 0 radical (unpaired) electrons. The molecule has 5 rings (SSSR count). The van der Waals surface area contributed by atoms with Crippen molar-refractivity contribution in [2.45, 2.75) is 162 Å². The van der Waals surface area contributed by atoms with Gasteiger partial charge in [-0.15, -0.1) is 0 Å². The second-order valence-corrected chi connectivity index (χ2v) is 17.3. The van der Waals surface area contributed by atoms with Crippen LogP contribution in [0.5, 0.6) is 0 Å². The van der Waals surface area contributed by atoms with Crippen LogP contribution < -0.4 is 0 Å². The zero-order valence-electron chi connectivity index (χ0n) is 28.5. The van der Waals surface area contributed by atoms with Gasteiger partial charge in [-0.3, -0.25) is 0 Å². The minimum Gasteiger partial charge on any atom is -0.394 e. The highest BCUT2D eigenvalue weighted by Crippen LogP contribution is 2.76. The fourth-order valence-electron chi connectivity index (χ4n) is 11.9. The van der Waals surface area contributed by atoms with Crippen molar-refractivity contribution in [2.24, 2.45) is 45.3 Å². The van der Waals surface area contributed by atoms with Crippen LogP contribution in [0.1, 0.15) is 113 Å². The van der Waals surface area contributed by atoms with Gasteiger partial charge in [0.25, 0.3) is 0 Å². The number of ether oxygens (including phenoxy) is 2. The van der Waals surface area contributed by atoms with Crippen molar-refractivity contribution < 1.29 is 40.1 Å². The van der Waals surface area contributed by atoms with Crippen LogP contribution in [0.25, 0.3) is 0 Å². The first-order valence-corrected chi connectivity index (χ1v) is 17.3. The van der Waals surface area contributed by atoms with Crippen molar-refractivity contribution in [3.05, 3.63) is 11.6 Å². The Morgan fingerprint density at radius 2 is 1.55 bits per heavy atom. The minimum atomic E-state index is -1.46. The van der Waals surface area contributed by atoms with Crippen LogP contribution in [0, 0.1) is 45.3 Å². The molecular weight excluding hydrogens is 560 g/mol. The number of aliphatic hydroxyl groups is 6. The average molecular weight is 623 g/mol. The van der Waals surface area contributed by atoms with E-state index in [9.17, 15) is 30.6 Å². The predicted molar refractivity (Wildman–Crippen MR) is 168 cm³/mol. The molecule has 1 saturated heterocycles. The van der Waals surface area contributed by atoms with E-state index >= 15 is 0 Å². The van der Waals surface area contributed by atoms with Gasteiger partial charge in [0.2, 0.25) is 0 Å². The Morgan fingerprint density at radius 1 is 0.886 bits per heavy atom. The molecule has 1 aliphatic heterocycles. The molecule has 44 heavy (non-hydrogen) atoms. The summed E-state index contributed by atoms with van der Waals surface area (Å²) in [5, 5.41) is 64.8. The number of allylic oxidation sites excluding steroid dienone is 2. The van der Waals surface area contributed by atoms with Crippen LogP contribution in [0.15, 0.2) is 11.6 Å². The van der Waals surface area contributed by atoms with Crippen molar-refractivity contribution >= 4 is 0 Å². The Labute approximate surface area is 265 Å². The van der Waals surface area contributed by atoms with Crippen molar-refractivity contribution in [2.75, 3.05) is 6.61 Å². The maximum Gasteiger partial charge on any atom is 0.186 e. The quantitative estimate of drug-likeness (QED) is 0.182. The summed E-state index contributed by atoms with van der Waals surface area (Å²) in [5.41, 5.74) is 0.122. The molecule has 0 amide bonds. The summed E-state index contributed by atoms with van der Waals surface area (Å²) >= 11 is 0. The molecule has 0 spiro atoms. The van der Waals surface area contributed by atoms with Crippen molar-refractivity contribution in [3.63, 3.8) is 0 Å². The number of hydrogen-bond donors (Lipinski definition) is 6. The number of fused-ring (bicyclic) bond motifs is 5. The fraction of sp³-hybridized carbons (Fsp3) is 0.944. The number of rotatable bonds is 7. The van der Waals surface area contributed by atoms with Gasteiger partial charge in [-0.1, -0.05) is 46.3 Å². The van der Waals surface area contributed by atoms with Crippen LogP contribution >= 0.6 is 0 Å². The van der Waals surface area contributed by atoms with Gasteiger partial charge in [0.05, 0.1) is 24.4 Å². The average Bonchev–Trinajstić information content (AvgIpc) is 3.32. The van der Waals surface area contributed by atoms with E-state index in [1.165, 1.54) is 5.57 Å². The molecule has 4 saturated carbocycles. The van der Waals surface area contributed by atoms with Gasteiger partial charge in [0, 0.05) is 0 Å². The van der Waals surface area contributed by atoms with E-state index in [0.29, 0.717) is 18.3 Å². The highest BCUT2D eigenvalue weighted by molar-refractivity contribution is 5.20. The van der Waals surface area contributed by atoms with Crippen LogP contribution in [0.4, 0.5) is 0 Å². The molecule has 4 aliphatic carbocycles.